The Kier molecular flexibility index (Phi) is 6.01. The fraction of sp³-hybridized carbons (Fsp3) is 0.786. The van der Waals surface area contributed by atoms with Gasteiger partial charge in [-0.05, 0) is 38.9 Å². The van der Waals surface area contributed by atoms with Gasteiger partial charge in [0, 0.05) is 18.5 Å². The van der Waals surface area contributed by atoms with Gasteiger partial charge in [0.1, 0.15) is 5.01 Å². The highest BCUT2D eigenvalue weighted by Crippen LogP contribution is 2.34. The number of aromatic nitrogens is 1. The zero-order valence-electron chi connectivity index (χ0n) is 12.2. The molecule has 7 heteroatoms. The lowest BCUT2D eigenvalue weighted by molar-refractivity contribution is -0.185. The molecule has 2 heterocycles. The molecule has 21 heavy (non-hydrogen) atoms. The van der Waals surface area contributed by atoms with E-state index in [1.54, 1.807) is 11.3 Å². The van der Waals surface area contributed by atoms with Crippen LogP contribution >= 0.6 is 11.3 Å². The normalized spacial score (nSPS) is 18.3. The van der Waals surface area contributed by atoms with Crippen molar-refractivity contribution in [3.8, 4) is 0 Å². The van der Waals surface area contributed by atoms with Crippen LogP contribution in [0, 0.1) is 5.92 Å². The second kappa shape index (κ2) is 7.56. The Hall–Kier alpha value is -0.660. The minimum absolute atomic E-state index is 0.207. The minimum atomic E-state index is -4.04. The fourth-order valence-electron chi connectivity index (χ4n) is 2.52. The first-order valence-electron chi connectivity index (χ1n) is 7.42. The second-order valence-corrected chi connectivity index (χ2v) is 6.44. The van der Waals surface area contributed by atoms with E-state index in [-0.39, 0.29) is 12.8 Å². The van der Waals surface area contributed by atoms with Gasteiger partial charge in [-0.25, -0.2) is 4.98 Å². The van der Waals surface area contributed by atoms with Crippen LogP contribution in [0.1, 0.15) is 36.9 Å². The Morgan fingerprint density at radius 3 is 2.71 bits per heavy atom. The molecule has 0 spiro atoms. The van der Waals surface area contributed by atoms with E-state index >= 15 is 0 Å². The van der Waals surface area contributed by atoms with Crippen molar-refractivity contribution in [3.05, 3.63) is 16.1 Å². The minimum Gasteiger partial charge on any atom is -0.310 e. The van der Waals surface area contributed by atoms with Gasteiger partial charge in [-0.15, -0.1) is 11.3 Å². The molecule has 1 aromatic heterocycles. The third-order valence-electron chi connectivity index (χ3n) is 3.74. The van der Waals surface area contributed by atoms with E-state index in [9.17, 15) is 13.2 Å². The van der Waals surface area contributed by atoms with Gasteiger partial charge in [0.25, 0.3) is 0 Å². The maximum atomic E-state index is 12.6. The third-order valence-corrected chi connectivity index (χ3v) is 4.64. The number of nitrogens with zero attached hydrogens (tertiary/aromatic N) is 2. The predicted octanol–water partition coefficient (Wildman–Crippen LogP) is 3.42. The molecule has 0 saturated carbocycles. The molecule has 0 atom stereocenters. The molecule has 1 saturated heterocycles. The average molecular weight is 321 g/mol. The Labute approximate surface area is 127 Å². The van der Waals surface area contributed by atoms with Crippen molar-refractivity contribution in [2.45, 2.75) is 45.5 Å². The molecule has 3 nitrogen and oxygen atoms in total. The van der Waals surface area contributed by atoms with Gasteiger partial charge in [0.15, 0.2) is 0 Å². The van der Waals surface area contributed by atoms with E-state index in [2.05, 4.69) is 22.1 Å². The summed E-state index contributed by atoms with van der Waals surface area (Å²) in [5, 5.41) is 6.36. The van der Waals surface area contributed by atoms with Crippen LogP contribution in [0.5, 0.6) is 0 Å². The van der Waals surface area contributed by atoms with Crippen molar-refractivity contribution in [1.82, 2.24) is 15.2 Å². The van der Waals surface area contributed by atoms with Crippen LogP contribution in [0.3, 0.4) is 0 Å². The molecule has 0 aliphatic carbocycles. The standard InChI is InChI=1S/C14H22F3N3S/c1-2-5-18-8-13-19-12(10-21-13)9-20-6-3-11(4-7-20)14(15,16)17/h10-11,18H,2-9H2,1H3. The lowest BCUT2D eigenvalue weighted by Crippen LogP contribution is -2.38. The molecule has 1 aromatic rings. The summed E-state index contributed by atoms with van der Waals surface area (Å²) in [6, 6.07) is 0. The van der Waals surface area contributed by atoms with Gasteiger partial charge in [-0.3, -0.25) is 4.90 Å². The molecule has 2 rings (SSSR count). The molecule has 0 radical (unpaired) electrons. The number of hydrogen-bond acceptors (Lipinski definition) is 4. The van der Waals surface area contributed by atoms with Crippen molar-refractivity contribution in [2.24, 2.45) is 5.92 Å². The van der Waals surface area contributed by atoms with Crippen molar-refractivity contribution < 1.29 is 13.2 Å². The van der Waals surface area contributed by atoms with E-state index in [0.717, 1.165) is 30.2 Å². The number of halogens is 3. The quantitative estimate of drug-likeness (QED) is 0.814. The van der Waals surface area contributed by atoms with E-state index < -0.39 is 12.1 Å². The molecule has 0 amide bonds. The van der Waals surface area contributed by atoms with Crippen LogP contribution in [0.25, 0.3) is 0 Å². The number of piperidine rings is 1. The summed E-state index contributed by atoms with van der Waals surface area (Å²) in [4.78, 5) is 6.61. The number of rotatable bonds is 6. The molecule has 120 valence electrons. The number of nitrogens with one attached hydrogen (secondary N) is 1. The number of likely N-dealkylation sites (tertiary alicyclic amines) is 1. The topological polar surface area (TPSA) is 28.2 Å². The molecule has 0 aromatic carbocycles. The van der Waals surface area contributed by atoms with Crippen LogP contribution < -0.4 is 5.32 Å². The molecular weight excluding hydrogens is 299 g/mol. The summed E-state index contributed by atoms with van der Waals surface area (Å²) in [6.07, 6.45) is -2.53. The zero-order valence-corrected chi connectivity index (χ0v) is 13.1. The molecule has 0 bridgehead atoms. The van der Waals surface area contributed by atoms with Crippen molar-refractivity contribution in [1.29, 1.82) is 0 Å². The average Bonchev–Trinajstić information content (AvgIpc) is 2.86. The van der Waals surface area contributed by atoms with Gasteiger partial charge in [-0.2, -0.15) is 13.2 Å². The van der Waals surface area contributed by atoms with Crippen LogP contribution in [0.2, 0.25) is 0 Å². The third kappa shape index (κ3) is 5.23. The van der Waals surface area contributed by atoms with Crippen molar-refractivity contribution in [2.75, 3.05) is 19.6 Å². The molecule has 1 fully saturated rings. The molecular formula is C14H22F3N3S. The summed E-state index contributed by atoms with van der Waals surface area (Å²) >= 11 is 1.61. The first-order valence-corrected chi connectivity index (χ1v) is 8.30. The molecule has 1 aliphatic heterocycles. The Balaban J connectivity index is 1.76. The largest absolute Gasteiger partial charge is 0.391 e. The van der Waals surface area contributed by atoms with Gasteiger partial charge >= 0.3 is 6.18 Å². The second-order valence-electron chi connectivity index (χ2n) is 5.50. The van der Waals surface area contributed by atoms with Crippen LogP contribution in [0.15, 0.2) is 5.38 Å². The molecule has 1 N–H and O–H groups in total. The summed E-state index contributed by atoms with van der Waals surface area (Å²) in [5.74, 6) is -1.13. The summed E-state index contributed by atoms with van der Waals surface area (Å²) < 4.78 is 37.8. The monoisotopic (exact) mass is 321 g/mol. The SMILES string of the molecule is CCCNCc1nc(CN2CCC(C(F)(F)F)CC2)cs1. The highest BCUT2D eigenvalue weighted by atomic mass is 32.1. The Bertz CT molecular complexity index is 425. The first kappa shape index (κ1) is 16.7. The van der Waals surface area contributed by atoms with E-state index in [1.807, 2.05) is 5.38 Å². The zero-order chi connectivity index (χ0) is 15.3. The maximum Gasteiger partial charge on any atom is 0.391 e. The molecule has 0 unspecified atom stereocenters. The highest BCUT2D eigenvalue weighted by molar-refractivity contribution is 7.09. The highest BCUT2D eigenvalue weighted by Gasteiger charge is 2.40. The van der Waals surface area contributed by atoms with Crippen molar-refractivity contribution in [3.63, 3.8) is 0 Å². The van der Waals surface area contributed by atoms with Gasteiger partial charge in [-0.1, -0.05) is 6.92 Å². The lowest BCUT2D eigenvalue weighted by atomic mass is 9.96. The summed E-state index contributed by atoms with van der Waals surface area (Å²) in [7, 11) is 0. The van der Waals surface area contributed by atoms with Crippen molar-refractivity contribution >= 4 is 11.3 Å². The maximum absolute atomic E-state index is 12.6. The number of thiazole rings is 1. The summed E-state index contributed by atoms with van der Waals surface area (Å²) in [5.41, 5.74) is 0.971. The smallest absolute Gasteiger partial charge is 0.310 e. The predicted molar refractivity (Wildman–Crippen MR) is 78.2 cm³/mol. The van der Waals surface area contributed by atoms with E-state index in [0.29, 0.717) is 19.6 Å². The number of hydrogen-bond donors (Lipinski definition) is 1. The van der Waals surface area contributed by atoms with Gasteiger partial charge < -0.3 is 5.32 Å². The van der Waals surface area contributed by atoms with E-state index in [4.69, 9.17) is 0 Å². The first-order chi connectivity index (χ1) is 9.99. The Morgan fingerprint density at radius 2 is 2.10 bits per heavy atom. The summed E-state index contributed by atoms with van der Waals surface area (Å²) in [6.45, 7) is 5.53. The van der Waals surface area contributed by atoms with Crippen LogP contribution in [-0.4, -0.2) is 35.7 Å². The lowest BCUT2D eigenvalue weighted by Gasteiger charge is -2.32. The Morgan fingerprint density at radius 1 is 1.38 bits per heavy atom. The number of alkyl halides is 3. The molecule has 1 aliphatic rings. The van der Waals surface area contributed by atoms with Gasteiger partial charge in [0.2, 0.25) is 0 Å². The van der Waals surface area contributed by atoms with Crippen LogP contribution in [0.4, 0.5) is 13.2 Å². The van der Waals surface area contributed by atoms with Crippen LogP contribution in [-0.2, 0) is 13.1 Å². The fourth-order valence-corrected chi connectivity index (χ4v) is 3.28. The van der Waals surface area contributed by atoms with Gasteiger partial charge in [0.05, 0.1) is 11.6 Å². The van der Waals surface area contributed by atoms with E-state index in [1.165, 1.54) is 0 Å².